The largest absolute Gasteiger partial charge is 0.456 e. The molecule has 0 saturated heterocycles. The summed E-state index contributed by atoms with van der Waals surface area (Å²) in [4.78, 5) is 4.63. The minimum atomic E-state index is 0.829. The van der Waals surface area contributed by atoms with Gasteiger partial charge in [-0.05, 0) is 101 Å². The van der Waals surface area contributed by atoms with E-state index in [1.165, 1.54) is 11.1 Å². The Morgan fingerprint density at radius 2 is 0.855 bits per heavy atom. The Bertz CT molecular complexity index is 3380. The zero-order valence-electron chi connectivity index (χ0n) is 33.7. The van der Waals surface area contributed by atoms with E-state index in [0.717, 1.165) is 101 Å². The Hall–Kier alpha value is -8.34. The first-order valence-corrected chi connectivity index (χ1v) is 21.0. The maximum absolute atomic E-state index is 6.89. The average molecular weight is 795 g/mol. The summed E-state index contributed by atoms with van der Waals surface area (Å²) in [6.07, 6.45) is 0. The summed E-state index contributed by atoms with van der Waals surface area (Å²) in [5, 5.41) is 4.44. The van der Waals surface area contributed by atoms with Gasteiger partial charge in [0.15, 0.2) is 0 Å². The van der Waals surface area contributed by atoms with Gasteiger partial charge < -0.3 is 19.0 Å². The lowest BCUT2D eigenvalue weighted by Crippen LogP contribution is -2.12. The second-order valence-electron chi connectivity index (χ2n) is 15.7. The van der Waals surface area contributed by atoms with E-state index in [1.54, 1.807) is 0 Å². The van der Waals surface area contributed by atoms with E-state index < -0.39 is 0 Å². The number of hydrogen-bond donors (Lipinski definition) is 0. The highest BCUT2D eigenvalue weighted by Crippen LogP contribution is 2.52. The SMILES string of the molecule is c1ccc(-c2ccc(N(c3ccc(-c4cccc5c4oc4ccccc45)cc3)c3ccc4c5c(cccc35)-c3ccc(N(c5ccccc5)c5ccccc5)cc3O4)cc2)cc1. The van der Waals surface area contributed by atoms with Crippen LogP contribution in [0.3, 0.4) is 0 Å². The van der Waals surface area contributed by atoms with Crippen molar-refractivity contribution in [3.8, 4) is 44.9 Å². The van der Waals surface area contributed by atoms with Crippen LogP contribution in [0.4, 0.5) is 34.1 Å². The van der Waals surface area contributed by atoms with Gasteiger partial charge in [0.2, 0.25) is 0 Å². The summed E-state index contributed by atoms with van der Waals surface area (Å²) in [5.41, 5.74) is 14.9. The second kappa shape index (κ2) is 14.7. The molecule has 1 aliphatic rings. The summed E-state index contributed by atoms with van der Waals surface area (Å²) in [7, 11) is 0. The van der Waals surface area contributed by atoms with Crippen molar-refractivity contribution in [2.24, 2.45) is 0 Å². The molecule has 0 atom stereocenters. The van der Waals surface area contributed by atoms with Crippen molar-refractivity contribution in [1.29, 1.82) is 0 Å². The lowest BCUT2D eigenvalue weighted by molar-refractivity contribution is 0.487. The number of ether oxygens (including phenoxy) is 1. The van der Waals surface area contributed by atoms with E-state index in [2.05, 4.69) is 228 Å². The predicted octanol–water partition coefficient (Wildman–Crippen LogP) is 16.8. The van der Waals surface area contributed by atoms with Crippen molar-refractivity contribution in [2.45, 2.75) is 0 Å². The molecule has 12 rings (SSSR count). The normalized spacial score (nSPS) is 11.7. The smallest absolute Gasteiger partial charge is 0.143 e. The van der Waals surface area contributed by atoms with Crippen molar-refractivity contribution >= 4 is 66.8 Å². The highest BCUT2D eigenvalue weighted by molar-refractivity contribution is 6.12. The lowest BCUT2D eigenvalue weighted by Gasteiger charge is -2.30. The molecule has 0 aliphatic carbocycles. The minimum absolute atomic E-state index is 0.829. The molecule has 10 aromatic carbocycles. The predicted molar refractivity (Wildman–Crippen MR) is 257 cm³/mol. The van der Waals surface area contributed by atoms with Gasteiger partial charge in [0, 0.05) is 67.2 Å². The van der Waals surface area contributed by atoms with E-state index in [1.807, 2.05) is 12.1 Å². The van der Waals surface area contributed by atoms with E-state index in [9.17, 15) is 0 Å². The molecular formula is C58H38N2O2. The molecule has 0 saturated carbocycles. The monoisotopic (exact) mass is 794 g/mol. The van der Waals surface area contributed by atoms with Gasteiger partial charge in [-0.2, -0.15) is 0 Å². The Morgan fingerprint density at radius 1 is 0.306 bits per heavy atom. The summed E-state index contributed by atoms with van der Waals surface area (Å²) in [6.45, 7) is 0. The molecule has 0 N–H and O–H groups in total. The standard InChI is InChI=1S/C58H38N2O2/c1-4-14-39(15-5-1)40-26-30-44(31-27-40)60(45-32-28-41(29-33-45)47-21-12-23-51-48-20-10-11-25-54(48)62-58(47)51)53-36-37-55-57-50(22-13-24-52(53)57)49-35-34-46(38-56(49)61-55)59(42-16-6-2-7-17-42)43-18-8-3-9-19-43/h1-38H. The first kappa shape index (κ1) is 35.6. The molecule has 0 amide bonds. The fraction of sp³-hybridized carbons (Fsp3) is 0. The number of fused-ring (bicyclic) bond motifs is 5. The van der Waals surface area contributed by atoms with Crippen molar-refractivity contribution < 1.29 is 9.15 Å². The third kappa shape index (κ3) is 6.00. The van der Waals surface area contributed by atoms with Crippen molar-refractivity contribution in [3.05, 3.63) is 231 Å². The number of anilines is 6. The third-order valence-electron chi connectivity index (χ3n) is 12.1. The lowest BCUT2D eigenvalue weighted by atomic mass is 9.93. The van der Waals surface area contributed by atoms with E-state index >= 15 is 0 Å². The van der Waals surface area contributed by atoms with Crippen LogP contribution in [-0.2, 0) is 0 Å². The van der Waals surface area contributed by atoms with Crippen molar-refractivity contribution in [3.63, 3.8) is 0 Å². The van der Waals surface area contributed by atoms with Gasteiger partial charge >= 0.3 is 0 Å². The summed E-state index contributed by atoms with van der Waals surface area (Å²) in [6, 6.07) is 81.4. The molecule has 0 fully saturated rings. The molecule has 4 nitrogen and oxygen atoms in total. The van der Waals surface area contributed by atoms with Crippen LogP contribution in [0.2, 0.25) is 0 Å². The van der Waals surface area contributed by atoms with Gasteiger partial charge in [0.1, 0.15) is 22.7 Å². The molecular weight excluding hydrogens is 757 g/mol. The first-order chi connectivity index (χ1) is 30.7. The van der Waals surface area contributed by atoms with Crippen LogP contribution in [0.1, 0.15) is 0 Å². The number of rotatable bonds is 8. The zero-order valence-corrected chi connectivity index (χ0v) is 33.7. The fourth-order valence-corrected chi connectivity index (χ4v) is 9.17. The van der Waals surface area contributed by atoms with Crippen molar-refractivity contribution in [2.75, 3.05) is 9.80 Å². The summed E-state index contributed by atoms with van der Waals surface area (Å²) in [5.74, 6) is 1.67. The minimum Gasteiger partial charge on any atom is -0.456 e. The highest BCUT2D eigenvalue weighted by atomic mass is 16.5. The van der Waals surface area contributed by atoms with Gasteiger partial charge in [-0.25, -0.2) is 0 Å². The molecule has 1 aliphatic heterocycles. The van der Waals surface area contributed by atoms with Crippen LogP contribution < -0.4 is 14.5 Å². The number of hydrogen-bond acceptors (Lipinski definition) is 4. The molecule has 1 aromatic heterocycles. The summed E-state index contributed by atoms with van der Waals surface area (Å²) >= 11 is 0. The molecule has 292 valence electrons. The number of benzene rings is 10. The zero-order chi connectivity index (χ0) is 41.0. The van der Waals surface area contributed by atoms with Gasteiger partial charge in [0.25, 0.3) is 0 Å². The van der Waals surface area contributed by atoms with E-state index in [0.29, 0.717) is 0 Å². The van der Waals surface area contributed by atoms with Gasteiger partial charge in [-0.3, -0.25) is 0 Å². The highest BCUT2D eigenvalue weighted by Gasteiger charge is 2.26. The Labute approximate surface area is 359 Å². The number of para-hydroxylation sites is 4. The van der Waals surface area contributed by atoms with E-state index in [4.69, 9.17) is 9.15 Å². The molecule has 2 heterocycles. The Morgan fingerprint density at radius 3 is 1.56 bits per heavy atom. The molecule has 0 bridgehead atoms. The average Bonchev–Trinajstić information content (AvgIpc) is 3.73. The number of nitrogens with zero attached hydrogens (tertiary/aromatic N) is 2. The van der Waals surface area contributed by atoms with Gasteiger partial charge in [-0.15, -0.1) is 0 Å². The molecule has 0 unspecified atom stereocenters. The molecule has 62 heavy (non-hydrogen) atoms. The van der Waals surface area contributed by atoms with Crippen LogP contribution in [0.5, 0.6) is 11.5 Å². The Balaban J connectivity index is 0.978. The topological polar surface area (TPSA) is 28.9 Å². The maximum Gasteiger partial charge on any atom is 0.143 e. The van der Waals surface area contributed by atoms with Crippen LogP contribution in [0.25, 0.3) is 66.1 Å². The summed E-state index contributed by atoms with van der Waals surface area (Å²) < 4.78 is 13.3. The van der Waals surface area contributed by atoms with Gasteiger partial charge in [-0.1, -0.05) is 146 Å². The molecule has 4 heteroatoms. The molecule has 0 spiro atoms. The van der Waals surface area contributed by atoms with E-state index in [-0.39, 0.29) is 0 Å². The van der Waals surface area contributed by atoms with Crippen LogP contribution in [0.15, 0.2) is 235 Å². The molecule has 0 radical (unpaired) electrons. The maximum atomic E-state index is 6.89. The van der Waals surface area contributed by atoms with Crippen LogP contribution in [-0.4, -0.2) is 0 Å². The van der Waals surface area contributed by atoms with Crippen LogP contribution >= 0.6 is 0 Å². The molecule has 11 aromatic rings. The number of furan rings is 1. The first-order valence-electron chi connectivity index (χ1n) is 21.0. The van der Waals surface area contributed by atoms with Gasteiger partial charge in [0.05, 0.1) is 5.69 Å². The van der Waals surface area contributed by atoms with Crippen molar-refractivity contribution in [1.82, 2.24) is 0 Å². The second-order valence-corrected chi connectivity index (χ2v) is 15.7. The van der Waals surface area contributed by atoms with Crippen LogP contribution in [0, 0.1) is 0 Å². The Kier molecular flexibility index (Phi) is 8.46. The fourth-order valence-electron chi connectivity index (χ4n) is 9.17. The third-order valence-corrected chi connectivity index (χ3v) is 12.1. The quantitative estimate of drug-likeness (QED) is 0.153.